The van der Waals surface area contributed by atoms with Gasteiger partial charge in [-0.05, 0) is 18.6 Å². The largest absolute Gasteiger partial charge is 0.455 e. The number of benzene rings is 1. The third-order valence-electron chi connectivity index (χ3n) is 5.06. The van der Waals surface area contributed by atoms with E-state index in [-0.39, 0.29) is 18.4 Å². The van der Waals surface area contributed by atoms with Crippen LogP contribution in [0.15, 0.2) is 47.1 Å². The Hall–Kier alpha value is -3.49. The normalized spacial score (nSPS) is 19.4. The maximum atomic E-state index is 12.8. The zero-order valence-electron chi connectivity index (χ0n) is 16.2. The minimum atomic E-state index is -0.488. The molecule has 2 aromatic heterocycles. The number of carbonyl (C=O) groups excluding carboxylic acids is 2. The summed E-state index contributed by atoms with van der Waals surface area (Å²) in [5.74, 6) is -0.313. The fourth-order valence-corrected chi connectivity index (χ4v) is 3.58. The molecule has 4 rings (SSSR count). The third kappa shape index (κ3) is 3.89. The van der Waals surface area contributed by atoms with Crippen LogP contribution in [-0.4, -0.2) is 43.8 Å². The Labute approximate surface area is 167 Å². The first kappa shape index (κ1) is 18.9. The van der Waals surface area contributed by atoms with E-state index in [0.717, 1.165) is 11.1 Å². The number of aromatic nitrogens is 4. The molecule has 29 heavy (non-hydrogen) atoms. The molecule has 9 nitrogen and oxygen atoms in total. The average Bonchev–Trinajstić information content (AvgIpc) is 3.38. The van der Waals surface area contributed by atoms with Gasteiger partial charge in [-0.2, -0.15) is 5.10 Å². The quantitative estimate of drug-likeness (QED) is 0.610. The molecule has 0 aliphatic carbocycles. The maximum Gasteiger partial charge on any atom is 0.311 e. The van der Waals surface area contributed by atoms with Gasteiger partial charge in [0.2, 0.25) is 11.8 Å². The second-order valence-electron chi connectivity index (χ2n) is 7.02. The topological polar surface area (TPSA) is 103 Å². The molecule has 1 aliphatic heterocycles. The summed E-state index contributed by atoms with van der Waals surface area (Å²) in [5.41, 5.74) is 1.59. The maximum absolute atomic E-state index is 12.8. The number of carbonyl (C=O) groups is 2. The van der Waals surface area contributed by atoms with E-state index in [4.69, 9.17) is 9.15 Å². The lowest BCUT2D eigenvalue weighted by Gasteiger charge is -2.37. The van der Waals surface area contributed by atoms with E-state index in [1.807, 2.05) is 36.5 Å². The van der Waals surface area contributed by atoms with Crippen LogP contribution < -0.4 is 0 Å². The van der Waals surface area contributed by atoms with Gasteiger partial charge in [-0.1, -0.05) is 18.2 Å². The highest BCUT2D eigenvalue weighted by Crippen LogP contribution is 2.36. The number of rotatable bonds is 5. The van der Waals surface area contributed by atoms with Gasteiger partial charge in [-0.3, -0.25) is 14.3 Å². The molecule has 1 amide bonds. The summed E-state index contributed by atoms with van der Waals surface area (Å²) >= 11 is 0. The molecule has 1 aliphatic rings. The van der Waals surface area contributed by atoms with E-state index in [0.29, 0.717) is 18.7 Å². The monoisotopic (exact) mass is 395 g/mol. The van der Waals surface area contributed by atoms with Crippen LogP contribution in [0.5, 0.6) is 0 Å². The van der Waals surface area contributed by atoms with Crippen molar-refractivity contribution in [3.05, 3.63) is 54.2 Å². The van der Waals surface area contributed by atoms with Crippen LogP contribution in [-0.2, 0) is 28.0 Å². The van der Waals surface area contributed by atoms with Crippen LogP contribution in [0.4, 0.5) is 0 Å². The Morgan fingerprint density at radius 2 is 2.03 bits per heavy atom. The lowest BCUT2D eigenvalue weighted by atomic mass is 9.86. The van der Waals surface area contributed by atoms with Gasteiger partial charge in [-0.25, -0.2) is 0 Å². The van der Waals surface area contributed by atoms with Crippen LogP contribution in [0.2, 0.25) is 0 Å². The van der Waals surface area contributed by atoms with Gasteiger partial charge in [0.1, 0.15) is 0 Å². The summed E-state index contributed by atoms with van der Waals surface area (Å²) in [7, 11) is 3.49. The fourth-order valence-electron chi connectivity index (χ4n) is 3.58. The number of hydrogen-bond acceptors (Lipinski definition) is 7. The zero-order valence-corrected chi connectivity index (χ0v) is 16.2. The summed E-state index contributed by atoms with van der Waals surface area (Å²) in [5, 5.41) is 12.1. The van der Waals surface area contributed by atoms with Crippen molar-refractivity contribution in [3.63, 3.8) is 0 Å². The number of ether oxygens (including phenoxy) is 1. The second kappa shape index (κ2) is 7.86. The van der Waals surface area contributed by atoms with Crippen molar-refractivity contribution in [1.82, 2.24) is 24.9 Å². The summed E-state index contributed by atoms with van der Waals surface area (Å²) in [4.78, 5) is 26.6. The van der Waals surface area contributed by atoms with Crippen molar-refractivity contribution >= 4 is 11.9 Å². The van der Waals surface area contributed by atoms with Crippen LogP contribution in [0.25, 0.3) is 11.5 Å². The molecule has 3 aromatic rings. The molecule has 0 saturated carbocycles. The Morgan fingerprint density at radius 3 is 2.76 bits per heavy atom. The van der Waals surface area contributed by atoms with Crippen molar-refractivity contribution in [2.24, 2.45) is 13.0 Å². The van der Waals surface area contributed by atoms with Crippen LogP contribution in [0.1, 0.15) is 30.3 Å². The van der Waals surface area contributed by atoms with E-state index in [1.54, 1.807) is 29.9 Å². The molecule has 0 bridgehead atoms. The standard InChI is InChI=1S/C20H21N5O4/c1-24-11-14(10-21-24)18-15(8-9-17(26)25(18)2)20(27)28-12-16-22-23-19(29-16)13-6-4-3-5-7-13/h3-7,10-11,15,18H,8-9,12H2,1-2H3. The molecule has 150 valence electrons. The van der Waals surface area contributed by atoms with Crippen molar-refractivity contribution in [2.45, 2.75) is 25.5 Å². The fraction of sp³-hybridized carbons (Fsp3) is 0.350. The highest BCUT2D eigenvalue weighted by Gasteiger charge is 2.40. The van der Waals surface area contributed by atoms with E-state index in [9.17, 15) is 9.59 Å². The van der Waals surface area contributed by atoms with Crippen LogP contribution in [0, 0.1) is 5.92 Å². The van der Waals surface area contributed by atoms with Gasteiger partial charge in [0.05, 0.1) is 18.2 Å². The van der Waals surface area contributed by atoms with Gasteiger partial charge in [-0.15, -0.1) is 10.2 Å². The van der Waals surface area contributed by atoms with Gasteiger partial charge in [0.25, 0.3) is 5.89 Å². The minimum absolute atomic E-state index is 0.00712. The first-order chi connectivity index (χ1) is 14.0. The number of aryl methyl sites for hydroxylation is 1. The summed E-state index contributed by atoms with van der Waals surface area (Å²) in [6.45, 7) is -0.118. The van der Waals surface area contributed by atoms with E-state index >= 15 is 0 Å². The summed E-state index contributed by atoms with van der Waals surface area (Å²) < 4.78 is 12.7. The van der Waals surface area contributed by atoms with Crippen molar-refractivity contribution in [1.29, 1.82) is 0 Å². The molecule has 1 fully saturated rings. The number of nitrogens with zero attached hydrogens (tertiary/aromatic N) is 5. The van der Waals surface area contributed by atoms with E-state index in [1.165, 1.54) is 0 Å². The smallest absolute Gasteiger partial charge is 0.311 e. The molecular weight excluding hydrogens is 374 g/mol. The third-order valence-corrected chi connectivity index (χ3v) is 5.06. The lowest BCUT2D eigenvalue weighted by Crippen LogP contribution is -2.43. The number of likely N-dealkylation sites (tertiary alicyclic amines) is 1. The van der Waals surface area contributed by atoms with E-state index < -0.39 is 17.9 Å². The average molecular weight is 395 g/mol. The SMILES string of the molecule is CN1C(=O)CCC(C(=O)OCc2nnc(-c3ccccc3)o2)C1c1cnn(C)c1. The molecular formula is C20H21N5O4. The molecule has 0 spiro atoms. The molecule has 0 N–H and O–H groups in total. The highest BCUT2D eigenvalue weighted by atomic mass is 16.5. The number of esters is 1. The lowest BCUT2D eigenvalue weighted by molar-refractivity contribution is -0.158. The van der Waals surface area contributed by atoms with Crippen molar-refractivity contribution in [2.75, 3.05) is 7.05 Å². The Balaban J connectivity index is 1.46. The number of hydrogen-bond donors (Lipinski definition) is 0. The molecule has 0 radical (unpaired) electrons. The molecule has 9 heteroatoms. The van der Waals surface area contributed by atoms with E-state index in [2.05, 4.69) is 15.3 Å². The Kier molecular flexibility index (Phi) is 5.11. The van der Waals surface area contributed by atoms with Gasteiger partial charge >= 0.3 is 5.97 Å². The van der Waals surface area contributed by atoms with Crippen molar-refractivity contribution < 1.29 is 18.7 Å². The molecule has 1 aromatic carbocycles. The van der Waals surface area contributed by atoms with Crippen LogP contribution in [0.3, 0.4) is 0 Å². The zero-order chi connectivity index (χ0) is 20.4. The predicted molar refractivity (Wildman–Crippen MR) is 101 cm³/mol. The molecule has 2 unspecified atom stereocenters. The molecule has 2 atom stereocenters. The Bertz CT molecular complexity index is 1010. The second-order valence-corrected chi connectivity index (χ2v) is 7.02. The first-order valence-electron chi connectivity index (χ1n) is 9.31. The van der Waals surface area contributed by atoms with Gasteiger partial charge in [0, 0.05) is 37.8 Å². The number of amides is 1. The summed E-state index contributed by atoms with van der Waals surface area (Å²) in [6.07, 6.45) is 4.20. The van der Waals surface area contributed by atoms with Gasteiger partial charge < -0.3 is 14.1 Å². The first-order valence-corrected chi connectivity index (χ1v) is 9.31. The van der Waals surface area contributed by atoms with Gasteiger partial charge in [0.15, 0.2) is 6.61 Å². The van der Waals surface area contributed by atoms with Crippen molar-refractivity contribution in [3.8, 4) is 11.5 Å². The summed E-state index contributed by atoms with van der Waals surface area (Å²) in [6, 6.07) is 8.94. The molecule has 3 heterocycles. The highest BCUT2D eigenvalue weighted by molar-refractivity contribution is 5.82. The Morgan fingerprint density at radius 1 is 1.24 bits per heavy atom. The number of piperidine rings is 1. The predicted octanol–water partition coefficient (Wildman–Crippen LogP) is 2.12. The minimum Gasteiger partial charge on any atom is -0.455 e. The molecule has 1 saturated heterocycles. The van der Waals surface area contributed by atoms with Crippen LogP contribution >= 0.6 is 0 Å².